The molecule has 23 heavy (non-hydrogen) atoms. The summed E-state index contributed by atoms with van der Waals surface area (Å²) in [5.41, 5.74) is 1.64. The Morgan fingerprint density at radius 1 is 1.26 bits per heavy atom. The zero-order valence-electron chi connectivity index (χ0n) is 13.6. The number of likely N-dealkylation sites (N-methyl/N-ethyl adjacent to an activating group) is 1. The molecule has 0 unspecified atom stereocenters. The third-order valence-corrected chi connectivity index (χ3v) is 4.54. The maximum absolute atomic E-state index is 12.6. The highest BCUT2D eigenvalue weighted by molar-refractivity contribution is 5.98. The number of nitrogens with one attached hydrogen (secondary N) is 1. The highest BCUT2D eigenvalue weighted by Crippen LogP contribution is 2.20. The van der Waals surface area contributed by atoms with Gasteiger partial charge in [-0.1, -0.05) is 18.2 Å². The lowest BCUT2D eigenvalue weighted by Crippen LogP contribution is -2.37. The van der Waals surface area contributed by atoms with Crippen LogP contribution in [-0.4, -0.2) is 54.1 Å². The number of likely N-dealkylation sites (tertiary alicyclic amines) is 1. The standard InChI is InChI=1S/C17H21N3O3/c1-19-10-12(9-15(19)17(22)23-3)18-16(21)14-8-11-6-4-5-7-13(11)20(14)2/h4-8,12,15H,9-10H2,1-3H3,(H,18,21)/t12-,15-/m0/s1. The predicted octanol–water partition coefficient (Wildman–Crippen LogP) is 1.15. The molecule has 1 fully saturated rings. The average Bonchev–Trinajstić information content (AvgIpc) is 3.07. The molecular formula is C17H21N3O3. The zero-order valence-corrected chi connectivity index (χ0v) is 13.6. The summed E-state index contributed by atoms with van der Waals surface area (Å²) in [6.45, 7) is 0.634. The van der Waals surface area contributed by atoms with Crippen LogP contribution >= 0.6 is 0 Å². The zero-order chi connectivity index (χ0) is 16.6. The first-order chi connectivity index (χ1) is 11.0. The molecule has 1 saturated heterocycles. The summed E-state index contributed by atoms with van der Waals surface area (Å²) in [5, 5.41) is 4.07. The number of hydrogen-bond acceptors (Lipinski definition) is 4. The third-order valence-electron chi connectivity index (χ3n) is 4.54. The molecule has 0 aliphatic carbocycles. The smallest absolute Gasteiger partial charge is 0.323 e. The lowest BCUT2D eigenvalue weighted by atomic mass is 10.1. The van der Waals surface area contributed by atoms with Crippen LogP contribution in [0.5, 0.6) is 0 Å². The van der Waals surface area contributed by atoms with E-state index in [0.29, 0.717) is 18.7 Å². The molecule has 2 atom stereocenters. The van der Waals surface area contributed by atoms with Crippen molar-refractivity contribution in [3.05, 3.63) is 36.0 Å². The van der Waals surface area contributed by atoms with Gasteiger partial charge >= 0.3 is 5.97 Å². The fraction of sp³-hybridized carbons (Fsp3) is 0.412. The largest absolute Gasteiger partial charge is 0.468 e. The predicted molar refractivity (Wildman–Crippen MR) is 87.2 cm³/mol. The Bertz CT molecular complexity index is 753. The molecule has 1 aliphatic heterocycles. The van der Waals surface area contributed by atoms with Gasteiger partial charge in [0.25, 0.3) is 5.91 Å². The number of aryl methyl sites for hydroxylation is 1. The van der Waals surface area contributed by atoms with Crippen LogP contribution in [0.2, 0.25) is 0 Å². The van der Waals surface area contributed by atoms with Gasteiger partial charge in [0.2, 0.25) is 0 Å². The molecule has 2 aromatic rings. The maximum atomic E-state index is 12.6. The van der Waals surface area contributed by atoms with E-state index in [9.17, 15) is 9.59 Å². The van der Waals surface area contributed by atoms with E-state index in [1.165, 1.54) is 7.11 Å². The molecule has 0 radical (unpaired) electrons. The number of amides is 1. The Morgan fingerprint density at radius 2 is 2.00 bits per heavy atom. The minimum atomic E-state index is -0.294. The topological polar surface area (TPSA) is 63.6 Å². The Hall–Kier alpha value is -2.34. The van der Waals surface area contributed by atoms with E-state index in [1.807, 2.05) is 53.9 Å². The van der Waals surface area contributed by atoms with E-state index in [2.05, 4.69) is 5.32 Å². The van der Waals surface area contributed by atoms with Gasteiger partial charge in [-0.05, 0) is 25.6 Å². The second kappa shape index (κ2) is 6.04. The normalized spacial score (nSPS) is 21.5. The number of carbonyl (C=O) groups is 2. The molecule has 2 heterocycles. The van der Waals surface area contributed by atoms with Crippen LogP contribution in [0.3, 0.4) is 0 Å². The summed E-state index contributed by atoms with van der Waals surface area (Å²) >= 11 is 0. The summed E-state index contributed by atoms with van der Waals surface area (Å²) in [5.74, 6) is -0.374. The number of benzene rings is 1. The highest BCUT2D eigenvalue weighted by atomic mass is 16.5. The molecule has 1 aliphatic rings. The van der Waals surface area contributed by atoms with E-state index in [-0.39, 0.29) is 24.0 Å². The Balaban J connectivity index is 1.74. The number of carbonyl (C=O) groups excluding carboxylic acids is 2. The molecule has 6 heteroatoms. The van der Waals surface area contributed by atoms with Gasteiger partial charge in [-0.2, -0.15) is 0 Å². The van der Waals surface area contributed by atoms with Gasteiger partial charge in [0.15, 0.2) is 0 Å². The van der Waals surface area contributed by atoms with Crippen molar-refractivity contribution in [3.8, 4) is 0 Å². The molecule has 122 valence electrons. The van der Waals surface area contributed by atoms with Crippen LogP contribution in [0.1, 0.15) is 16.9 Å². The van der Waals surface area contributed by atoms with Crippen LogP contribution in [-0.2, 0) is 16.6 Å². The van der Waals surface area contributed by atoms with Crippen LogP contribution in [0.4, 0.5) is 0 Å². The van der Waals surface area contributed by atoms with Crippen LogP contribution in [0.25, 0.3) is 10.9 Å². The Kier molecular flexibility index (Phi) is 4.09. The average molecular weight is 315 g/mol. The van der Waals surface area contributed by atoms with Crippen molar-refractivity contribution in [1.29, 1.82) is 0 Å². The van der Waals surface area contributed by atoms with Gasteiger partial charge < -0.3 is 14.6 Å². The van der Waals surface area contributed by atoms with Gasteiger partial charge in [-0.15, -0.1) is 0 Å². The lowest BCUT2D eigenvalue weighted by molar-refractivity contribution is -0.145. The number of nitrogens with zero attached hydrogens (tertiary/aromatic N) is 2. The molecular weight excluding hydrogens is 294 g/mol. The lowest BCUT2D eigenvalue weighted by Gasteiger charge is -2.15. The van der Waals surface area contributed by atoms with Crippen molar-refractivity contribution in [2.75, 3.05) is 20.7 Å². The monoisotopic (exact) mass is 315 g/mol. The number of rotatable bonds is 3. The SMILES string of the molecule is COC(=O)[C@@H]1C[C@H](NC(=O)c2cc3ccccc3n2C)CN1C. The van der Waals surface area contributed by atoms with Gasteiger partial charge in [0.1, 0.15) is 11.7 Å². The first-order valence-corrected chi connectivity index (χ1v) is 7.64. The fourth-order valence-electron chi connectivity index (χ4n) is 3.28. The summed E-state index contributed by atoms with van der Waals surface area (Å²) in [7, 11) is 5.14. The molecule has 1 N–H and O–H groups in total. The van der Waals surface area contributed by atoms with Gasteiger partial charge in [0, 0.05) is 30.5 Å². The van der Waals surface area contributed by atoms with E-state index in [4.69, 9.17) is 4.74 Å². The van der Waals surface area contributed by atoms with Crippen molar-refractivity contribution in [1.82, 2.24) is 14.8 Å². The number of hydrogen-bond donors (Lipinski definition) is 1. The second-order valence-electron chi connectivity index (χ2n) is 6.03. The van der Waals surface area contributed by atoms with E-state index in [0.717, 1.165) is 10.9 Å². The van der Waals surface area contributed by atoms with E-state index < -0.39 is 0 Å². The van der Waals surface area contributed by atoms with Crippen molar-refractivity contribution < 1.29 is 14.3 Å². The van der Waals surface area contributed by atoms with Crippen molar-refractivity contribution in [3.63, 3.8) is 0 Å². The van der Waals surface area contributed by atoms with Gasteiger partial charge in [-0.25, -0.2) is 0 Å². The number of para-hydroxylation sites is 1. The van der Waals surface area contributed by atoms with Crippen LogP contribution < -0.4 is 5.32 Å². The second-order valence-corrected chi connectivity index (χ2v) is 6.03. The molecule has 1 amide bonds. The molecule has 1 aromatic heterocycles. The number of esters is 1. The molecule has 0 bridgehead atoms. The van der Waals surface area contributed by atoms with Crippen molar-refractivity contribution in [2.45, 2.75) is 18.5 Å². The summed E-state index contributed by atoms with van der Waals surface area (Å²) in [4.78, 5) is 26.2. The molecule has 0 saturated carbocycles. The number of fused-ring (bicyclic) bond motifs is 1. The molecule has 6 nitrogen and oxygen atoms in total. The minimum Gasteiger partial charge on any atom is -0.468 e. The number of methoxy groups -OCH3 is 1. The fourth-order valence-corrected chi connectivity index (χ4v) is 3.28. The summed E-state index contributed by atoms with van der Waals surface area (Å²) in [6, 6.07) is 9.42. The van der Waals surface area contributed by atoms with Gasteiger partial charge in [0.05, 0.1) is 7.11 Å². The van der Waals surface area contributed by atoms with Gasteiger partial charge in [-0.3, -0.25) is 14.5 Å². The quantitative estimate of drug-likeness (QED) is 0.863. The number of aromatic nitrogens is 1. The molecule has 1 aromatic carbocycles. The van der Waals surface area contributed by atoms with Crippen LogP contribution in [0, 0.1) is 0 Å². The highest BCUT2D eigenvalue weighted by Gasteiger charge is 2.36. The first-order valence-electron chi connectivity index (χ1n) is 7.64. The summed E-state index contributed by atoms with van der Waals surface area (Å²) in [6.07, 6.45) is 0.568. The van der Waals surface area contributed by atoms with Crippen LogP contribution in [0.15, 0.2) is 30.3 Å². The van der Waals surface area contributed by atoms with Crippen molar-refractivity contribution in [2.24, 2.45) is 7.05 Å². The van der Waals surface area contributed by atoms with E-state index in [1.54, 1.807) is 0 Å². The third kappa shape index (κ3) is 2.82. The minimum absolute atomic E-state index is 0.0605. The van der Waals surface area contributed by atoms with E-state index >= 15 is 0 Å². The summed E-state index contributed by atoms with van der Waals surface area (Å²) < 4.78 is 6.69. The first kappa shape index (κ1) is 15.6. The Labute approximate surface area is 135 Å². The molecule has 0 spiro atoms. The molecule has 3 rings (SSSR count). The van der Waals surface area contributed by atoms with Crippen molar-refractivity contribution >= 4 is 22.8 Å². The number of ether oxygens (including phenoxy) is 1. The Morgan fingerprint density at radius 3 is 2.70 bits per heavy atom. The maximum Gasteiger partial charge on any atom is 0.323 e.